The van der Waals surface area contributed by atoms with E-state index in [1.807, 2.05) is 0 Å². The third kappa shape index (κ3) is 3.74. The Kier molecular flexibility index (Phi) is 4.58. The predicted octanol–water partition coefficient (Wildman–Crippen LogP) is 2.38. The van der Waals surface area contributed by atoms with Crippen molar-refractivity contribution < 1.29 is 27.8 Å². The highest BCUT2D eigenvalue weighted by molar-refractivity contribution is 9.08. The first-order chi connectivity index (χ1) is 7.91. The highest BCUT2D eigenvalue weighted by Gasteiger charge is 2.33. The zero-order valence-corrected chi connectivity index (χ0v) is 10.3. The quantitative estimate of drug-likeness (QED) is 0.867. The van der Waals surface area contributed by atoms with E-state index in [1.54, 1.807) is 0 Å². The van der Waals surface area contributed by atoms with Crippen LogP contribution in [0.4, 0.5) is 13.2 Å². The molecule has 0 saturated heterocycles. The van der Waals surface area contributed by atoms with Crippen LogP contribution in [0, 0.1) is 0 Å². The number of rotatable bonds is 4. The highest BCUT2D eigenvalue weighted by Crippen LogP contribution is 2.30. The van der Waals surface area contributed by atoms with Gasteiger partial charge in [0.05, 0.1) is 13.7 Å². The molecule has 1 aromatic rings. The fourth-order valence-corrected chi connectivity index (χ4v) is 1.56. The molecule has 8 heteroatoms. The van der Waals surface area contributed by atoms with Gasteiger partial charge >= 0.3 is 6.36 Å². The molecule has 0 amide bonds. The molecule has 0 aliphatic carbocycles. The fraction of sp³-hybridized carbons (Fsp3) is 0.444. The van der Waals surface area contributed by atoms with Gasteiger partial charge in [-0.25, -0.2) is 0 Å². The second-order valence-electron chi connectivity index (χ2n) is 2.96. The minimum absolute atomic E-state index is 0.0123. The monoisotopic (exact) mass is 315 g/mol. The van der Waals surface area contributed by atoms with Crippen LogP contribution >= 0.6 is 15.9 Å². The van der Waals surface area contributed by atoms with Gasteiger partial charge in [0.2, 0.25) is 11.8 Å². The third-order valence-electron chi connectivity index (χ3n) is 1.82. The molecule has 1 rings (SSSR count). The molecule has 0 atom stereocenters. The summed E-state index contributed by atoms with van der Waals surface area (Å²) in [5, 5.41) is 9.29. The lowest BCUT2D eigenvalue weighted by atomic mass is 10.2. The zero-order chi connectivity index (χ0) is 13.1. The summed E-state index contributed by atoms with van der Waals surface area (Å²) in [5.74, 6) is -0.695. The van der Waals surface area contributed by atoms with Gasteiger partial charge in [-0.1, -0.05) is 15.9 Å². The van der Waals surface area contributed by atoms with E-state index in [1.165, 1.54) is 13.2 Å². The van der Waals surface area contributed by atoms with Crippen LogP contribution in [0.15, 0.2) is 6.07 Å². The summed E-state index contributed by atoms with van der Waals surface area (Å²) in [6, 6.07) is 1.33. The first-order valence-electron chi connectivity index (χ1n) is 4.40. The van der Waals surface area contributed by atoms with E-state index in [-0.39, 0.29) is 11.4 Å². The molecule has 0 aromatic carbocycles. The standard InChI is InChI=1S/C9H9BrF3NO3/c1-16-7-5(3-10)2-6(4-15)8(14-7)17-9(11,12)13/h2,15H,3-4H2,1H3. The predicted molar refractivity (Wildman–Crippen MR) is 56.0 cm³/mol. The summed E-state index contributed by atoms with van der Waals surface area (Å²) in [5.41, 5.74) is 0.462. The van der Waals surface area contributed by atoms with E-state index in [0.717, 1.165) is 0 Å². The number of nitrogens with zero attached hydrogens (tertiary/aromatic N) is 1. The van der Waals surface area contributed by atoms with Crippen molar-refractivity contribution in [3.05, 3.63) is 17.2 Å². The molecule has 0 unspecified atom stereocenters. The molecule has 1 heterocycles. The minimum Gasteiger partial charge on any atom is -0.481 e. The van der Waals surface area contributed by atoms with Crippen LogP contribution < -0.4 is 9.47 Å². The van der Waals surface area contributed by atoms with Crippen molar-refractivity contribution in [2.24, 2.45) is 0 Å². The Morgan fingerprint density at radius 3 is 2.41 bits per heavy atom. The average Bonchev–Trinajstić information content (AvgIpc) is 2.26. The van der Waals surface area contributed by atoms with Crippen LogP contribution in [0.1, 0.15) is 11.1 Å². The molecule has 0 spiro atoms. The van der Waals surface area contributed by atoms with E-state index in [2.05, 4.69) is 25.7 Å². The van der Waals surface area contributed by atoms with Crippen molar-refractivity contribution in [1.82, 2.24) is 4.98 Å². The number of methoxy groups -OCH3 is 1. The van der Waals surface area contributed by atoms with Gasteiger partial charge in [0.1, 0.15) is 0 Å². The summed E-state index contributed by atoms with van der Waals surface area (Å²) in [7, 11) is 1.28. The van der Waals surface area contributed by atoms with Gasteiger partial charge in [-0.2, -0.15) is 4.98 Å². The summed E-state index contributed by atoms with van der Waals surface area (Å²) in [6.07, 6.45) is -4.86. The van der Waals surface area contributed by atoms with Crippen molar-refractivity contribution in [1.29, 1.82) is 0 Å². The second-order valence-corrected chi connectivity index (χ2v) is 3.52. The topological polar surface area (TPSA) is 51.6 Å². The first kappa shape index (κ1) is 14.0. The van der Waals surface area contributed by atoms with Gasteiger partial charge in [0.15, 0.2) is 0 Å². The number of aliphatic hydroxyl groups excluding tert-OH is 1. The first-order valence-corrected chi connectivity index (χ1v) is 5.52. The minimum atomic E-state index is -4.86. The maximum absolute atomic E-state index is 12.1. The maximum Gasteiger partial charge on any atom is 0.574 e. The number of ether oxygens (including phenoxy) is 2. The molecule has 0 radical (unpaired) electrons. The van der Waals surface area contributed by atoms with Crippen molar-refractivity contribution in [3.63, 3.8) is 0 Å². The molecular formula is C9H9BrF3NO3. The Morgan fingerprint density at radius 1 is 1.35 bits per heavy atom. The summed E-state index contributed by atoms with van der Waals surface area (Å²) >= 11 is 3.13. The Labute approximate surface area is 103 Å². The van der Waals surface area contributed by atoms with Crippen molar-refractivity contribution in [2.45, 2.75) is 18.3 Å². The summed E-state index contributed by atoms with van der Waals surface area (Å²) < 4.78 is 44.8. The van der Waals surface area contributed by atoms with Crippen LogP contribution in [-0.4, -0.2) is 23.6 Å². The number of aliphatic hydroxyl groups is 1. The molecule has 0 aliphatic heterocycles. The number of aromatic nitrogens is 1. The van der Waals surface area contributed by atoms with Crippen LogP contribution in [0.2, 0.25) is 0 Å². The molecule has 0 bridgehead atoms. The lowest BCUT2D eigenvalue weighted by Crippen LogP contribution is -2.19. The van der Waals surface area contributed by atoms with E-state index in [0.29, 0.717) is 10.9 Å². The van der Waals surface area contributed by atoms with E-state index in [4.69, 9.17) is 9.84 Å². The molecule has 0 fully saturated rings. The molecule has 0 aliphatic rings. The number of halogens is 4. The Hall–Kier alpha value is -1.02. The smallest absolute Gasteiger partial charge is 0.481 e. The van der Waals surface area contributed by atoms with Crippen molar-refractivity contribution in [3.8, 4) is 11.8 Å². The largest absolute Gasteiger partial charge is 0.574 e. The van der Waals surface area contributed by atoms with Gasteiger partial charge in [-0.3, -0.25) is 0 Å². The van der Waals surface area contributed by atoms with Crippen LogP contribution in [0.3, 0.4) is 0 Å². The molecule has 4 nitrogen and oxygen atoms in total. The lowest BCUT2D eigenvalue weighted by Gasteiger charge is -2.14. The maximum atomic E-state index is 12.1. The van der Waals surface area contributed by atoms with Gasteiger partial charge in [-0.15, -0.1) is 13.2 Å². The average molecular weight is 316 g/mol. The summed E-state index contributed by atoms with van der Waals surface area (Å²) in [6.45, 7) is -0.609. The van der Waals surface area contributed by atoms with Crippen molar-refractivity contribution >= 4 is 15.9 Å². The fourth-order valence-electron chi connectivity index (χ4n) is 1.15. The number of hydrogen-bond acceptors (Lipinski definition) is 4. The van der Waals surface area contributed by atoms with E-state index >= 15 is 0 Å². The van der Waals surface area contributed by atoms with Crippen LogP contribution in [0.5, 0.6) is 11.8 Å². The van der Waals surface area contributed by atoms with Gasteiger partial charge < -0.3 is 14.6 Å². The SMILES string of the molecule is COc1nc(OC(F)(F)F)c(CO)cc1CBr. The number of hydrogen-bond donors (Lipinski definition) is 1. The lowest BCUT2D eigenvalue weighted by molar-refractivity contribution is -0.276. The zero-order valence-electron chi connectivity index (χ0n) is 8.71. The molecule has 17 heavy (non-hydrogen) atoms. The van der Waals surface area contributed by atoms with Gasteiger partial charge in [0.25, 0.3) is 0 Å². The second kappa shape index (κ2) is 5.54. The number of alkyl halides is 4. The number of pyridine rings is 1. The molecule has 0 saturated carbocycles. The van der Waals surface area contributed by atoms with Crippen molar-refractivity contribution in [2.75, 3.05) is 7.11 Å². The molecular weight excluding hydrogens is 307 g/mol. The molecule has 1 aromatic heterocycles. The van der Waals surface area contributed by atoms with E-state index in [9.17, 15) is 13.2 Å². The Morgan fingerprint density at radius 2 is 2.00 bits per heavy atom. The molecule has 1 N–H and O–H groups in total. The molecule has 96 valence electrons. The third-order valence-corrected chi connectivity index (χ3v) is 2.43. The van der Waals surface area contributed by atoms with Crippen LogP contribution in [0.25, 0.3) is 0 Å². The Balaban J connectivity index is 3.19. The highest BCUT2D eigenvalue weighted by atomic mass is 79.9. The van der Waals surface area contributed by atoms with Crippen LogP contribution in [-0.2, 0) is 11.9 Å². The van der Waals surface area contributed by atoms with E-state index < -0.39 is 18.8 Å². The summed E-state index contributed by atoms with van der Waals surface area (Å²) in [4.78, 5) is 3.56. The van der Waals surface area contributed by atoms with Gasteiger partial charge in [0, 0.05) is 16.5 Å². The normalized spacial score (nSPS) is 11.4. The van der Waals surface area contributed by atoms with Gasteiger partial charge in [-0.05, 0) is 6.07 Å². The Bertz CT molecular complexity index is 398.